The van der Waals surface area contributed by atoms with Crippen molar-refractivity contribution in [3.8, 4) is 50.6 Å². The maximum absolute atomic E-state index is 12.9. The van der Waals surface area contributed by atoms with Gasteiger partial charge in [-0.15, -0.1) is 48.0 Å². The van der Waals surface area contributed by atoms with E-state index in [0.717, 1.165) is 62.2 Å². The molecule has 6 heteroatoms. The molecule has 7 aromatic carbocycles. The standard InChI is InChI=1S/C43H35N2O.C13H11FN.Ir/c1-27(2)36-24-32(30-16-9-6-10-17-30)25-37(28(3)4)41(36)45-39-21-12-11-20-38(39)44-43(45)35-19-13-18-34-33-23-22-31(26-40(33)46-42(34)35)29-14-7-5-8-15-29;1-9-7-13(15-8-10(9)2)11-3-5-12(14)6-4-11;/h5-18,20-28H,1-4H3;3,5-8H,1-2H3;/q2*-1;+3/i;1D3,2D3;. The molecule has 0 N–H and O–H groups in total. The zero-order valence-electron chi connectivity index (χ0n) is 40.6. The summed E-state index contributed by atoms with van der Waals surface area (Å²) in [7, 11) is 0. The van der Waals surface area contributed by atoms with Crippen molar-refractivity contribution in [2.45, 2.75) is 53.2 Å². The van der Waals surface area contributed by atoms with E-state index in [9.17, 15) is 4.39 Å². The van der Waals surface area contributed by atoms with Crippen LogP contribution in [0.5, 0.6) is 0 Å². The summed E-state index contributed by atoms with van der Waals surface area (Å²) in [6.45, 7) is 3.99. The van der Waals surface area contributed by atoms with E-state index in [0.29, 0.717) is 5.56 Å². The second-order valence-electron chi connectivity index (χ2n) is 15.7. The molecule has 0 atom stereocenters. The number of aryl methyl sites for hydroxylation is 2. The molecular weight excluding hydrogens is 942 g/mol. The van der Waals surface area contributed by atoms with Gasteiger partial charge in [0.05, 0.1) is 22.4 Å². The molecule has 0 fully saturated rings. The number of hydrogen-bond acceptors (Lipinski definition) is 2. The first kappa shape index (κ1) is 35.2. The number of nitrogens with zero attached hydrogens (tertiary/aromatic N) is 3. The Hall–Kier alpha value is -6.46. The minimum atomic E-state index is -2.58. The molecular formula is C56H46FIrN3O+. The molecule has 0 aliphatic heterocycles. The molecule has 0 amide bonds. The fourth-order valence-corrected chi connectivity index (χ4v) is 7.92. The molecule has 0 aliphatic rings. The van der Waals surface area contributed by atoms with Gasteiger partial charge >= 0.3 is 20.1 Å². The van der Waals surface area contributed by atoms with Gasteiger partial charge in [0.15, 0.2) is 0 Å². The number of pyridine rings is 1. The van der Waals surface area contributed by atoms with E-state index < -0.39 is 19.5 Å². The number of para-hydroxylation sites is 2. The van der Waals surface area contributed by atoms with Gasteiger partial charge in [-0.25, -0.2) is 0 Å². The van der Waals surface area contributed by atoms with Crippen molar-refractivity contribution in [1.29, 1.82) is 0 Å². The summed E-state index contributed by atoms with van der Waals surface area (Å²) in [6, 6.07) is 56.0. The summed E-state index contributed by atoms with van der Waals surface area (Å²) in [5, 5.41) is 2.15. The van der Waals surface area contributed by atoms with Gasteiger partial charge in [-0.05, 0) is 101 Å². The smallest absolute Gasteiger partial charge is 0.501 e. The van der Waals surface area contributed by atoms with Crippen LogP contribution >= 0.6 is 0 Å². The van der Waals surface area contributed by atoms with Crippen LogP contribution in [0.15, 0.2) is 162 Å². The molecule has 306 valence electrons. The molecule has 0 saturated carbocycles. The predicted molar refractivity (Wildman–Crippen MR) is 247 cm³/mol. The first-order valence-corrected chi connectivity index (χ1v) is 20.4. The molecule has 62 heavy (non-hydrogen) atoms. The third kappa shape index (κ3) is 8.16. The van der Waals surface area contributed by atoms with E-state index in [4.69, 9.17) is 17.6 Å². The van der Waals surface area contributed by atoms with Gasteiger partial charge in [-0.2, -0.15) is 0 Å². The summed E-state index contributed by atoms with van der Waals surface area (Å²) in [5.41, 5.74) is 13.1. The molecule has 3 heterocycles. The van der Waals surface area contributed by atoms with Crippen molar-refractivity contribution in [2.75, 3.05) is 0 Å². The van der Waals surface area contributed by atoms with Gasteiger partial charge in [0.25, 0.3) is 0 Å². The average molecular weight is 994 g/mol. The quantitative estimate of drug-likeness (QED) is 0.118. The molecule has 0 radical (unpaired) electrons. The van der Waals surface area contributed by atoms with Crippen molar-refractivity contribution >= 4 is 33.0 Å². The van der Waals surface area contributed by atoms with Crippen molar-refractivity contribution < 1.29 is 41.7 Å². The number of imidazole rings is 1. The van der Waals surface area contributed by atoms with Crippen LogP contribution in [0.2, 0.25) is 0 Å². The minimum absolute atomic E-state index is 0. The molecule has 4 nitrogen and oxygen atoms in total. The van der Waals surface area contributed by atoms with E-state index in [-0.39, 0.29) is 48.8 Å². The molecule has 10 aromatic rings. The molecule has 0 bridgehead atoms. The van der Waals surface area contributed by atoms with Gasteiger partial charge in [-0.3, -0.25) is 9.37 Å². The Kier molecular flexibility index (Phi) is 10.1. The third-order valence-electron chi connectivity index (χ3n) is 11.0. The number of fused-ring (bicyclic) bond motifs is 4. The monoisotopic (exact) mass is 994 g/mol. The first-order valence-electron chi connectivity index (χ1n) is 23.4. The van der Waals surface area contributed by atoms with Gasteiger partial charge in [0, 0.05) is 31.3 Å². The van der Waals surface area contributed by atoms with E-state index in [2.05, 4.69) is 165 Å². The topological polar surface area (TPSA) is 44.0 Å². The summed E-state index contributed by atoms with van der Waals surface area (Å²) >= 11 is 0. The molecule has 0 spiro atoms. The summed E-state index contributed by atoms with van der Waals surface area (Å²) < 4.78 is 66.5. The molecule has 0 unspecified atom stereocenters. The predicted octanol–water partition coefficient (Wildman–Crippen LogP) is 14.3. The van der Waals surface area contributed by atoms with Crippen LogP contribution in [-0.2, 0) is 20.1 Å². The Morgan fingerprint density at radius 2 is 1.35 bits per heavy atom. The molecule has 0 aliphatic carbocycles. The normalized spacial score (nSPS) is 13.1. The van der Waals surface area contributed by atoms with Crippen LogP contribution in [0, 0.1) is 31.7 Å². The van der Waals surface area contributed by atoms with Crippen molar-refractivity contribution in [3.63, 3.8) is 0 Å². The number of furan rings is 1. The summed E-state index contributed by atoms with van der Waals surface area (Å²) in [5.74, 6) is 0.930. The van der Waals surface area contributed by atoms with E-state index >= 15 is 0 Å². The zero-order chi connectivity index (χ0) is 47.2. The minimum Gasteiger partial charge on any atom is -0.501 e. The van der Waals surface area contributed by atoms with Crippen LogP contribution in [0.25, 0.3) is 83.6 Å². The second-order valence-corrected chi connectivity index (χ2v) is 15.7. The number of aromatic nitrogens is 3. The van der Waals surface area contributed by atoms with Crippen LogP contribution in [0.4, 0.5) is 4.39 Å². The first-order chi connectivity index (χ1) is 32.1. The maximum atomic E-state index is 12.9. The largest absolute Gasteiger partial charge is 3.00 e. The Morgan fingerprint density at radius 3 is 2.02 bits per heavy atom. The van der Waals surface area contributed by atoms with E-state index in [1.807, 2.05) is 12.1 Å². The van der Waals surface area contributed by atoms with Crippen molar-refractivity contribution in [3.05, 3.63) is 198 Å². The van der Waals surface area contributed by atoms with Gasteiger partial charge in [0.1, 0.15) is 5.58 Å². The maximum Gasteiger partial charge on any atom is 3.00 e. The number of rotatable bonds is 7. The summed E-state index contributed by atoms with van der Waals surface area (Å²) in [6.07, 6.45) is 1.03. The zero-order valence-corrected chi connectivity index (χ0v) is 37.0. The molecule has 0 saturated heterocycles. The van der Waals surface area contributed by atoms with E-state index in [1.54, 1.807) is 0 Å². The van der Waals surface area contributed by atoms with Gasteiger partial charge < -0.3 is 14.0 Å². The third-order valence-corrected chi connectivity index (χ3v) is 11.0. The fraction of sp³-hybridized carbons (Fsp3) is 0.143. The number of halogens is 1. The van der Waals surface area contributed by atoms with Crippen molar-refractivity contribution in [2.24, 2.45) is 0 Å². The van der Waals surface area contributed by atoms with Crippen LogP contribution in [-0.4, -0.2) is 4.98 Å². The average Bonchev–Trinajstić information content (AvgIpc) is 3.90. The van der Waals surface area contributed by atoms with Gasteiger partial charge in [0.2, 0.25) is 0 Å². The van der Waals surface area contributed by atoms with Gasteiger partial charge in [-0.1, -0.05) is 135 Å². The van der Waals surface area contributed by atoms with Crippen LogP contribution in [0.1, 0.15) is 70.0 Å². The summed E-state index contributed by atoms with van der Waals surface area (Å²) in [4.78, 5) is 9.25. The fourth-order valence-electron chi connectivity index (χ4n) is 7.92. The van der Waals surface area contributed by atoms with Crippen molar-refractivity contribution in [1.82, 2.24) is 9.97 Å². The van der Waals surface area contributed by atoms with Crippen LogP contribution < -0.4 is 9.55 Å². The Bertz CT molecular complexity index is 3370. The Balaban J connectivity index is 0.000000240. The Labute approximate surface area is 384 Å². The second kappa shape index (κ2) is 17.9. The SMILES string of the molecule is CC(C)c1cc(-c2ccccc2)cc(C(C)C)c1-[n+]1c(-c2[c-]ccc3c2oc2cc(-c4ccccc4)ccc23)[n-]c2ccccc21.[2H]C([2H])([2H])c1cnc(-c2[c-]cc(F)cc2)cc1C([2H])([2H])[2H].[Ir+3]. The van der Waals surface area contributed by atoms with E-state index in [1.165, 1.54) is 51.7 Å². The number of benzene rings is 7. The number of hydrogen-bond donors (Lipinski definition) is 0. The molecule has 3 aromatic heterocycles. The Morgan fingerprint density at radius 1 is 0.677 bits per heavy atom. The molecule has 10 rings (SSSR count). The van der Waals surface area contributed by atoms with Crippen LogP contribution in [0.3, 0.4) is 0 Å².